The van der Waals surface area contributed by atoms with Gasteiger partial charge in [-0.05, 0) is 24.3 Å². The molecule has 2 rings (SSSR count). The number of carbonyl (C=O) groups excluding carboxylic acids is 3. The highest BCUT2D eigenvalue weighted by Gasteiger charge is 2.18. The van der Waals surface area contributed by atoms with E-state index in [0.29, 0.717) is 0 Å². The molecule has 116 valence electrons. The van der Waals surface area contributed by atoms with Crippen LogP contribution in [0.4, 0.5) is 10.1 Å². The minimum absolute atomic E-state index is 0.113. The fraction of sp³-hybridized carbons (Fsp3) is 0.125. The number of nitrogens with zero attached hydrogens (tertiary/aromatic N) is 2. The van der Waals surface area contributed by atoms with E-state index in [1.807, 2.05) is 0 Å². The number of aryl methyl sites for hydroxylation is 1. The van der Waals surface area contributed by atoms with Crippen LogP contribution in [0.15, 0.2) is 30.5 Å². The molecule has 0 aliphatic rings. The van der Waals surface area contributed by atoms with Gasteiger partial charge in [0.2, 0.25) is 5.78 Å². The van der Waals surface area contributed by atoms with Gasteiger partial charge in [-0.2, -0.15) is 5.26 Å². The molecule has 0 saturated heterocycles. The van der Waals surface area contributed by atoms with Crippen molar-refractivity contribution < 1.29 is 18.8 Å². The summed E-state index contributed by atoms with van der Waals surface area (Å²) in [6.45, 7) is 1.15. The minimum atomic E-state index is -0.687. The van der Waals surface area contributed by atoms with Crippen LogP contribution in [-0.4, -0.2) is 22.0 Å². The van der Waals surface area contributed by atoms with Crippen LogP contribution in [0, 0.1) is 17.1 Å². The molecule has 0 aliphatic heterocycles. The Hall–Kier alpha value is -3.27. The van der Waals surface area contributed by atoms with Crippen LogP contribution in [0.3, 0.4) is 0 Å². The molecular weight excluding hydrogens is 301 g/mol. The van der Waals surface area contributed by atoms with Gasteiger partial charge in [0.1, 0.15) is 17.6 Å². The Morgan fingerprint density at radius 3 is 2.57 bits per heavy atom. The third-order valence-electron chi connectivity index (χ3n) is 3.16. The minimum Gasteiger partial charge on any atom is -0.346 e. The number of carbonyl (C=O) groups is 3. The highest BCUT2D eigenvalue weighted by atomic mass is 19.1. The summed E-state index contributed by atoms with van der Waals surface area (Å²) in [6.07, 6.45) is 1.38. The van der Waals surface area contributed by atoms with Crippen molar-refractivity contribution in [3.05, 3.63) is 53.1 Å². The summed E-state index contributed by atoms with van der Waals surface area (Å²) in [7, 11) is 1.55. The summed E-state index contributed by atoms with van der Waals surface area (Å²) in [4.78, 5) is 35.0. The van der Waals surface area contributed by atoms with E-state index in [0.717, 1.165) is 13.0 Å². The van der Waals surface area contributed by atoms with Crippen LogP contribution in [-0.2, 0) is 11.8 Å². The van der Waals surface area contributed by atoms with E-state index in [4.69, 9.17) is 5.26 Å². The zero-order valence-electron chi connectivity index (χ0n) is 12.4. The van der Waals surface area contributed by atoms with Crippen molar-refractivity contribution in [2.24, 2.45) is 7.05 Å². The molecule has 2 aromatic rings. The second kappa shape index (κ2) is 6.23. The summed E-state index contributed by atoms with van der Waals surface area (Å²) < 4.78 is 14.7. The average molecular weight is 313 g/mol. The summed E-state index contributed by atoms with van der Waals surface area (Å²) in [5, 5.41) is 11.3. The number of nitrogens with one attached hydrogen (secondary N) is 1. The van der Waals surface area contributed by atoms with Gasteiger partial charge < -0.3 is 9.88 Å². The summed E-state index contributed by atoms with van der Waals surface area (Å²) in [5.74, 6) is -2.54. The Labute approximate surface area is 131 Å². The van der Waals surface area contributed by atoms with E-state index in [1.165, 1.54) is 29.0 Å². The summed E-state index contributed by atoms with van der Waals surface area (Å²) in [5.41, 5.74) is 0.315. The molecule has 1 aromatic heterocycles. The Bertz CT molecular complexity index is 862. The second-order valence-corrected chi connectivity index (χ2v) is 4.87. The number of rotatable bonds is 4. The molecule has 0 atom stereocenters. The van der Waals surface area contributed by atoms with Gasteiger partial charge in [0, 0.05) is 31.4 Å². The third kappa shape index (κ3) is 3.32. The molecule has 0 spiro atoms. The van der Waals surface area contributed by atoms with Crippen molar-refractivity contribution in [1.82, 2.24) is 4.57 Å². The molecule has 0 aliphatic carbocycles. The molecule has 0 radical (unpaired) electrons. The molecule has 0 saturated carbocycles. The predicted octanol–water partition coefficient (Wildman–Crippen LogP) is 2.06. The molecule has 6 nitrogen and oxygen atoms in total. The number of nitriles is 1. The molecule has 0 bridgehead atoms. The van der Waals surface area contributed by atoms with Crippen LogP contribution in [0.2, 0.25) is 0 Å². The molecule has 7 heteroatoms. The molecule has 23 heavy (non-hydrogen) atoms. The maximum Gasteiger partial charge on any atom is 0.272 e. The number of aromatic nitrogens is 1. The summed E-state index contributed by atoms with van der Waals surface area (Å²) >= 11 is 0. The number of halogens is 1. The van der Waals surface area contributed by atoms with Crippen LogP contribution >= 0.6 is 0 Å². The number of ketones is 2. The fourth-order valence-corrected chi connectivity index (χ4v) is 2.00. The SMILES string of the molecule is CC(=O)C(=O)c1cc(C(=O)Nc2ccc(F)c(C#N)c2)n(C)c1. The van der Waals surface area contributed by atoms with E-state index in [9.17, 15) is 18.8 Å². The molecule has 0 fully saturated rings. The third-order valence-corrected chi connectivity index (χ3v) is 3.16. The number of hydrogen-bond donors (Lipinski definition) is 1. The molecular formula is C16H12FN3O3. The van der Waals surface area contributed by atoms with E-state index < -0.39 is 23.3 Å². The molecule has 1 heterocycles. The predicted molar refractivity (Wildman–Crippen MR) is 79.5 cm³/mol. The lowest BCUT2D eigenvalue weighted by atomic mass is 10.1. The Morgan fingerprint density at radius 2 is 1.96 bits per heavy atom. The van der Waals surface area contributed by atoms with E-state index in [-0.39, 0.29) is 22.5 Å². The Morgan fingerprint density at radius 1 is 1.26 bits per heavy atom. The normalized spacial score (nSPS) is 10.0. The Balaban J connectivity index is 2.27. The summed E-state index contributed by atoms with van der Waals surface area (Å²) in [6, 6.07) is 6.57. The first-order valence-electron chi connectivity index (χ1n) is 6.56. The maximum absolute atomic E-state index is 13.3. The quantitative estimate of drug-likeness (QED) is 0.691. The first-order valence-corrected chi connectivity index (χ1v) is 6.56. The standard InChI is InChI=1S/C16H12FN3O3/c1-9(21)15(22)11-6-14(20(2)8-11)16(23)19-12-3-4-13(17)10(5-12)7-18/h3-6,8H,1-2H3,(H,19,23). The second-order valence-electron chi connectivity index (χ2n) is 4.87. The lowest BCUT2D eigenvalue weighted by Gasteiger charge is -2.06. The number of anilines is 1. The van der Waals surface area contributed by atoms with Crippen LogP contribution < -0.4 is 5.32 Å². The van der Waals surface area contributed by atoms with Gasteiger partial charge in [0.15, 0.2) is 5.78 Å². The van der Waals surface area contributed by atoms with Crippen LogP contribution in [0.25, 0.3) is 0 Å². The van der Waals surface area contributed by atoms with Crippen LogP contribution in [0.5, 0.6) is 0 Å². The van der Waals surface area contributed by atoms with Crippen LogP contribution in [0.1, 0.15) is 33.3 Å². The van der Waals surface area contributed by atoms with Gasteiger partial charge in [-0.25, -0.2) is 4.39 Å². The van der Waals surface area contributed by atoms with Crippen molar-refractivity contribution >= 4 is 23.2 Å². The molecule has 0 unspecified atom stereocenters. The lowest BCUT2D eigenvalue weighted by Crippen LogP contribution is -2.15. The van der Waals surface area contributed by atoms with Gasteiger partial charge in [0.25, 0.3) is 5.91 Å². The first-order chi connectivity index (χ1) is 10.8. The van der Waals surface area contributed by atoms with Crippen molar-refractivity contribution in [1.29, 1.82) is 5.26 Å². The first kappa shape index (κ1) is 16.1. The highest BCUT2D eigenvalue weighted by Crippen LogP contribution is 2.16. The molecule has 1 amide bonds. The lowest BCUT2D eigenvalue weighted by molar-refractivity contribution is -0.113. The number of Topliss-reactive ketones (excluding diaryl/α,β-unsaturated/α-hetero) is 2. The zero-order valence-corrected chi connectivity index (χ0v) is 12.4. The topological polar surface area (TPSA) is 92.0 Å². The van der Waals surface area contributed by atoms with Gasteiger partial charge in [-0.15, -0.1) is 0 Å². The van der Waals surface area contributed by atoms with Crippen molar-refractivity contribution in [2.75, 3.05) is 5.32 Å². The number of amides is 1. The van der Waals surface area contributed by atoms with Gasteiger partial charge in [0.05, 0.1) is 5.56 Å². The number of hydrogen-bond acceptors (Lipinski definition) is 4. The van der Waals surface area contributed by atoms with Gasteiger partial charge in [-0.1, -0.05) is 0 Å². The van der Waals surface area contributed by atoms with Crippen molar-refractivity contribution in [2.45, 2.75) is 6.92 Å². The monoisotopic (exact) mass is 313 g/mol. The van der Waals surface area contributed by atoms with E-state index in [1.54, 1.807) is 13.1 Å². The average Bonchev–Trinajstić information content (AvgIpc) is 2.90. The Kier molecular flexibility index (Phi) is 4.37. The smallest absolute Gasteiger partial charge is 0.272 e. The highest BCUT2D eigenvalue weighted by molar-refractivity contribution is 6.43. The van der Waals surface area contributed by atoms with Crippen molar-refractivity contribution in [3.8, 4) is 6.07 Å². The largest absolute Gasteiger partial charge is 0.346 e. The number of benzene rings is 1. The fourth-order valence-electron chi connectivity index (χ4n) is 2.00. The van der Waals surface area contributed by atoms with Gasteiger partial charge >= 0.3 is 0 Å². The van der Waals surface area contributed by atoms with Gasteiger partial charge in [-0.3, -0.25) is 14.4 Å². The molecule has 1 N–H and O–H groups in total. The zero-order chi connectivity index (χ0) is 17.1. The van der Waals surface area contributed by atoms with Crippen molar-refractivity contribution in [3.63, 3.8) is 0 Å². The molecule has 1 aromatic carbocycles. The van der Waals surface area contributed by atoms with E-state index in [2.05, 4.69) is 5.32 Å². The maximum atomic E-state index is 13.3. The van der Waals surface area contributed by atoms with E-state index >= 15 is 0 Å².